The van der Waals surface area contributed by atoms with Gasteiger partial charge in [0, 0.05) is 37.6 Å². The zero-order valence-electron chi connectivity index (χ0n) is 14.0. The number of aromatic nitrogens is 3. The first kappa shape index (κ1) is 16.4. The van der Waals surface area contributed by atoms with Crippen LogP contribution < -0.4 is 11.1 Å². The van der Waals surface area contributed by atoms with Gasteiger partial charge in [-0.1, -0.05) is 6.07 Å². The van der Waals surface area contributed by atoms with Crippen LogP contribution in [0.15, 0.2) is 30.6 Å². The molecule has 2 aromatic heterocycles. The largest absolute Gasteiger partial charge is 0.384 e. The van der Waals surface area contributed by atoms with Gasteiger partial charge >= 0.3 is 0 Å². The number of hydrogen-bond acceptors (Lipinski definition) is 5. The molecule has 7 nitrogen and oxygen atoms in total. The Bertz CT molecular complexity index is 684. The second-order valence-corrected chi connectivity index (χ2v) is 6.37. The summed E-state index contributed by atoms with van der Waals surface area (Å²) >= 11 is 0. The van der Waals surface area contributed by atoms with Crippen molar-refractivity contribution < 1.29 is 4.79 Å². The average Bonchev–Trinajstić information content (AvgIpc) is 2.86. The Morgan fingerprint density at radius 2 is 2.38 bits per heavy atom. The van der Waals surface area contributed by atoms with Gasteiger partial charge in [0.1, 0.15) is 12.4 Å². The van der Waals surface area contributed by atoms with Crippen LogP contribution in [-0.4, -0.2) is 44.7 Å². The highest BCUT2D eigenvalue weighted by Crippen LogP contribution is 2.13. The number of anilines is 1. The molecule has 0 aliphatic carbocycles. The van der Waals surface area contributed by atoms with Crippen molar-refractivity contribution in [1.82, 2.24) is 25.0 Å². The van der Waals surface area contributed by atoms with Crippen LogP contribution >= 0.6 is 0 Å². The maximum atomic E-state index is 12.3. The molecule has 3 N–H and O–H groups in total. The Balaban J connectivity index is 1.51. The number of rotatable bonds is 5. The number of pyridine rings is 1. The van der Waals surface area contributed by atoms with E-state index in [1.165, 1.54) is 5.56 Å². The average molecular weight is 328 g/mol. The van der Waals surface area contributed by atoms with Gasteiger partial charge in [0.15, 0.2) is 0 Å². The number of amides is 1. The molecule has 0 radical (unpaired) electrons. The number of nitrogens with zero attached hydrogens (tertiary/aromatic N) is 4. The van der Waals surface area contributed by atoms with Crippen LogP contribution in [0.1, 0.15) is 24.1 Å². The quantitative estimate of drug-likeness (QED) is 0.853. The molecule has 0 spiro atoms. The van der Waals surface area contributed by atoms with Crippen molar-refractivity contribution in [2.75, 3.05) is 18.8 Å². The molecule has 1 aliphatic heterocycles. The van der Waals surface area contributed by atoms with Crippen LogP contribution in [0.5, 0.6) is 0 Å². The fourth-order valence-corrected chi connectivity index (χ4v) is 3.17. The molecule has 0 bridgehead atoms. The second kappa shape index (κ2) is 7.44. The number of nitrogen functional groups attached to an aromatic ring is 1. The molecule has 2 aromatic rings. The molecular formula is C17H24N6O. The van der Waals surface area contributed by atoms with Crippen LogP contribution in [0.25, 0.3) is 0 Å². The highest BCUT2D eigenvalue weighted by atomic mass is 16.2. The minimum atomic E-state index is -0.0435. The summed E-state index contributed by atoms with van der Waals surface area (Å²) in [6.45, 7) is 4.80. The van der Waals surface area contributed by atoms with Gasteiger partial charge in [-0.15, -0.1) is 0 Å². The normalized spacial score (nSPS) is 18.5. The monoisotopic (exact) mass is 328 g/mol. The van der Waals surface area contributed by atoms with E-state index < -0.39 is 0 Å². The molecular weight excluding hydrogens is 304 g/mol. The number of nitrogens with one attached hydrogen (secondary N) is 1. The second-order valence-electron chi connectivity index (χ2n) is 6.37. The van der Waals surface area contributed by atoms with Crippen LogP contribution in [0.2, 0.25) is 0 Å². The molecule has 0 unspecified atom stereocenters. The molecule has 0 saturated carbocycles. The topological polar surface area (TPSA) is 89.1 Å². The molecule has 1 amide bonds. The standard InChI is InChI=1S/C17H24N6O/c1-13-8-16(18)23(21-13)12-17(24)20-15-5-3-7-22(11-15)10-14-4-2-6-19-9-14/h2,4,6,8-9,15H,3,5,7,10-12,18H2,1H3,(H,20,24)/t15-/m0/s1. The first-order valence-corrected chi connectivity index (χ1v) is 8.30. The number of hydrogen-bond donors (Lipinski definition) is 2. The third kappa shape index (κ3) is 4.32. The molecule has 3 heterocycles. The van der Waals surface area contributed by atoms with Crippen LogP contribution in [0.3, 0.4) is 0 Å². The van der Waals surface area contributed by atoms with Crippen molar-refractivity contribution in [3.05, 3.63) is 41.9 Å². The van der Waals surface area contributed by atoms with E-state index in [2.05, 4.69) is 26.4 Å². The summed E-state index contributed by atoms with van der Waals surface area (Å²) in [5.74, 6) is 0.475. The van der Waals surface area contributed by atoms with Crippen molar-refractivity contribution in [3.8, 4) is 0 Å². The van der Waals surface area contributed by atoms with Crippen molar-refractivity contribution in [1.29, 1.82) is 0 Å². The molecule has 1 saturated heterocycles. The summed E-state index contributed by atoms with van der Waals surface area (Å²) in [4.78, 5) is 18.8. The Hall–Kier alpha value is -2.41. The molecule has 128 valence electrons. The van der Waals surface area contributed by atoms with E-state index in [9.17, 15) is 4.79 Å². The molecule has 1 fully saturated rings. The first-order valence-electron chi connectivity index (χ1n) is 8.30. The summed E-state index contributed by atoms with van der Waals surface area (Å²) in [5.41, 5.74) is 7.86. The van der Waals surface area contributed by atoms with E-state index in [1.807, 2.05) is 19.2 Å². The van der Waals surface area contributed by atoms with Gasteiger partial charge in [-0.25, -0.2) is 4.68 Å². The van der Waals surface area contributed by atoms with Crippen molar-refractivity contribution >= 4 is 11.7 Å². The van der Waals surface area contributed by atoms with E-state index >= 15 is 0 Å². The number of aryl methyl sites for hydroxylation is 1. The predicted octanol–water partition coefficient (Wildman–Crippen LogP) is 0.950. The van der Waals surface area contributed by atoms with Gasteiger partial charge in [0.2, 0.25) is 5.91 Å². The number of likely N-dealkylation sites (tertiary alicyclic amines) is 1. The van der Waals surface area contributed by atoms with Crippen molar-refractivity contribution in [2.24, 2.45) is 0 Å². The minimum Gasteiger partial charge on any atom is -0.384 e. The van der Waals surface area contributed by atoms with E-state index in [-0.39, 0.29) is 18.5 Å². The molecule has 1 aliphatic rings. The lowest BCUT2D eigenvalue weighted by Gasteiger charge is -2.33. The molecule has 24 heavy (non-hydrogen) atoms. The lowest BCUT2D eigenvalue weighted by molar-refractivity contribution is -0.122. The lowest BCUT2D eigenvalue weighted by atomic mass is 10.0. The SMILES string of the molecule is Cc1cc(N)n(CC(=O)N[C@H]2CCCN(Cc3cccnc3)C2)n1. The summed E-state index contributed by atoms with van der Waals surface area (Å²) in [7, 11) is 0. The lowest BCUT2D eigenvalue weighted by Crippen LogP contribution is -2.48. The molecule has 3 rings (SSSR count). The number of piperidine rings is 1. The Morgan fingerprint density at radius 3 is 3.08 bits per heavy atom. The van der Waals surface area contributed by atoms with Crippen LogP contribution in [0, 0.1) is 6.92 Å². The van der Waals surface area contributed by atoms with Crippen molar-refractivity contribution in [3.63, 3.8) is 0 Å². The fraction of sp³-hybridized carbons (Fsp3) is 0.471. The third-order valence-electron chi connectivity index (χ3n) is 4.23. The Labute approximate surface area is 141 Å². The van der Waals surface area contributed by atoms with Gasteiger partial charge < -0.3 is 11.1 Å². The zero-order chi connectivity index (χ0) is 16.9. The number of carbonyl (C=O) groups is 1. The van der Waals surface area contributed by atoms with Crippen molar-refractivity contribution in [2.45, 2.75) is 38.9 Å². The molecule has 1 atom stereocenters. The number of nitrogens with two attached hydrogens (primary N) is 1. The van der Waals surface area contributed by atoms with Gasteiger partial charge in [0.05, 0.1) is 5.69 Å². The smallest absolute Gasteiger partial charge is 0.242 e. The number of carbonyl (C=O) groups excluding carboxylic acids is 1. The Morgan fingerprint density at radius 1 is 1.50 bits per heavy atom. The van der Waals surface area contributed by atoms with Crippen LogP contribution in [0.4, 0.5) is 5.82 Å². The molecule has 0 aromatic carbocycles. The third-order valence-corrected chi connectivity index (χ3v) is 4.23. The summed E-state index contributed by atoms with van der Waals surface area (Å²) in [6, 6.07) is 5.97. The molecule has 7 heteroatoms. The highest BCUT2D eigenvalue weighted by Gasteiger charge is 2.22. The van der Waals surface area contributed by atoms with E-state index in [0.717, 1.165) is 38.2 Å². The van der Waals surface area contributed by atoms with Gasteiger partial charge in [-0.05, 0) is 37.9 Å². The van der Waals surface area contributed by atoms with Gasteiger partial charge in [-0.3, -0.25) is 14.7 Å². The Kier molecular flexibility index (Phi) is 5.10. The maximum absolute atomic E-state index is 12.3. The van der Waals surface area contributed by atoms with Gasteiger partial charge in [0.25, 0.3) is 0 Å². The first-order chi connectivity index (χ1) is 11.6. The zero-order valence-corrected chi connectivity index (χ0v) is 14.0. The highest BCUT2D eigenvalue weighted by molar-refractivity contribution is 5.76. The maximum Gasteiger partial charge on any atom is 0.242 e. The minimum absolute atomic E-state index is 0.0435. The van der Waals surface area contributed by atoms with E-state index in [0.29, 0.717) is 5.82 Å². The van der Waals surface area contributed by atoms with Crippen LogP contribution in [-0.2, 0) is 17.9 Å². The summed E-state index contributed by atoms with van der Waals surface area (Å²) < 4.78 is 1.54. The summed E-state index contributed by atoms with van der Waals surface area (Å²) in [5, 5.41) is 7.33. The van der Waals surface area contributed by atoms with Gasteiger partial charge in [-0.2, -0.15) is 5.10 Å². The van der Waals surface area contributed by atoms with E-state index in [1.54, 1.807) is 16.9 Å². The predicted molar refractivity (Wildman–Crippen MR) is 92.1 cm³/mol. The summed E-state index contributed by atoms with van der Waals surface area (Å²) in [6.07, 6.45) is 5.76. The van der Waals surface area contributed by atoms with E-state index in [4.69, 9.17) is 5.73 Å². The fourth-order valence-electron chi connectivity index (χ4n) is 3.17.